The third kappa shape index (κ3) is 3.44. The summed E-state index contributed by atoms with van der Waals surface area (Å²) in [6.07, 6.45) is 2.90. The maximum Gasteiger partial charge on any atom is 0.280 e. The Labute approximate surface area is 138 Å². The van der Waals surface area contributed by atoms with Crippen molar-refractivity contribution in [2.45, 2.75) is 43.8 Å². The maximum absolute atomic E-state index is 12.8. The van der Waals surface area contributed by atoms with Crippen molar-refractivity contribution in [3.63, 3.8) is 0 Å². The molecule has 0 bridgehead atoms. The van der Waals surface area contributed by atoms with Crippen LogP contribution < -0.4 is 10.9 Å². The first-order valence-corrected chi connectivity index (χ1v) is 9.18. The summed E-state index contributed by atoms with van der Waals surface area (Å²) < 4.78 is 1.69. The van der Waals surface area contributed by atoms with Crippen molar-refractivity contribution >= 4 is 22.9 Å². The molecule has 0 unspecified atom stereocenters. The maximum atomic E-state index is 12.8. The smallest absolute Gasteiger partial charge is 0.280 e. The number of hydrogen-bond donors (Lipinski definition) is 3. The van der Waals surface area contributed by atoms with Crippen LogP contribution >= 0.6 is 11.8 Å². The number of aromatic amines is 1. The zero-order chi connectivity index (χ0) is 16.2. The van der Waals surface area contributed by atoms with E-state index in [1.807, 2.05) is 6.92 Å². The van der Waals surface area contributed by atoms with Gasteiger partial charge in [0.05, 0.1) is 6.61 Å². The minimum absolute atomic E-state index is 0.0611. The summed E-state index contributed by atoms with van der Waals surface area (Å²) in [4.78, 5) is 25.1. The third-order valence-corrected chi connectivity index (χ3v) is 5.05. The average molecular weight is 337 g/mol. The molecule has 0 spiro atoms. The Morgan fingerprint density at radius 1 is 1.35 bits per heavy atom. The highest BCUT2D eigenvalue weighted by atomic mass is 32.2. The summed E-state index contributed by atoms with van der Waals surface area (Å²) >= 11 is 1.40. The topological polar surface area (TPSA) is 95.8 Å². The number of aromatic nitrogens is 4. The summed E-state index contributed by atoms with van der Waals surface area (Å²) in [5.74, 6) is 1.75. The summed E-state index contributed by atoms with van der Waals surface area (Å²) in [5.41, 5.74) is 0.932. The fraction of sp³-hybridized carbons (Fsp3) is 0.667. The number of rotatable bonds is 6. The van der Waals surface area contributed by atoms with Gasteiger partial charge in [-0.2, -0.15) is 0 Å². The van der Waals surface area contributed by atoms with E-state index in [1.54, 1.807) is 4.57 Å². The molecule has 126 valence electrons. The van der Waals surface area contributed by atoms with Crippen LogP contribution in [0.4, 0.5) is 0 Å². The highest BCUT2D eigenvalue weighted by Crippen LogP contribution is 2.24. The summed E-state index contributed by atoms with van der Waals surface area (Å²) in [6.45, 7) is 4.67. The number of H-pyrrole nitrogens is 1. The second kappa shape index (κ2) is 7.46. The van der Waals surface area contributed by atoms with E-state index >= 15 is 0 Å². The second-order valence-electron chi connectivity index (χ2n) is 5.77. The van der Waals surface area contributed by atoms with Crippen molar-refractivity contribution in [1.29, 1.82) is 0 Å². The van der Waals surface area contributed by atoms with Crippen LogP contribution in [-0.4, -0.2) is 50.1 Å². The van der Waals surface area contributed by atoms with Gasteiger partial charge in [0, 0.05) is 18.2 Å². The Balaban J connectivity index is 2.02. The van der Waals surface area contributed by atoms with Crippen molar-refractivity contribution in [3.05, 3.63) is 16.2 Å². The van der Waals surface area contributed by atoms with Gasteiger partial charge >= 0.3 is 0 Å². The molecule has 0 amide bonds. The quantitative estimate of drug-likeness (QED) is 0.539. The Bertz CT molecular complexity index is 720. The Morgan fingerprint density at radius 2 is 2.13 bits per heavy atom. The van der Waals surface area contributed by atoms with E-state index in [4.69, 9.17) is 5.11 Å². The standard InChI is InChI=1S/C15H23N5O2S/c1-2-7-20-14(22)11-13(19-15(20)23-9-8-21)18-12(17-11)10-3-5-16-6-4-10/h10,16,21H,2-9H2,1H3,(H,17,18). The molecule has 3 N–H and O–H groups in total. The first kappa shape index (κ1) is 16.5. The van der Waals surface area contributed by atoms with Gasteiger partial charge in [0.25, 0.3) is 5.56 Å². The molecule has 0 saturated carbocycles. The van der Waals surface area contributed by atoms with Gasteiger partial charge in [-0.3, -0.25) is 9.36 Å². The number of hydrogen-bond acceptors (Lipinski definition) is 6. The predicted octanol–water partition coefficient (Wildman–Crippen LogP) is 1.08. The molecule has 3 heterocycles. The van der Waals surface area contributed by atoms with Crippen molar-refractivity contribution in [1.82, 2.24) is 24.8 Å². The molecule has 0 aromatic carbocycles. The lowest BCUT2D eigenvalue weighted by Gasteiger charge is -2.20. The molecule has 1 aliphatic rings. The normalized spacial score (nSPS) is 16.3. The van der Waals surface area contributed by atoms with Crippen molar-refractivity contribution in [2.24, 2.45) is 0 Å². The van der Waals surface area contributed by atoms with Crippen LogP contribution in [0.1, 0.15) is 37.9 Å². The van der Waals surface area contributed by atoms with Crippen LogP contribution in [0.15, 0.2) is 9.95 Å². The summed E-state index contributed by atoms with van der Waals surface area (Å²) in [7, 11) is 0. The lowest BCUT2D eigenvalue weighted by atomic mass is 9.98. The number of imidazole rings is 1. The molecular formula is C15H23N5O2S. The number of fused-ring (bicyclic) bond motifs is 1. The first-order valence-electron chi connectivity index (χ1n) is 8.19. The lowest BCUT2D eigenvalue weighted by Crippen LogP contribution is -2.27. The van der Waals surface area contributed by atoms with Gasteiger partial charge in [0.1, 0.15) is 5.82 Å². The van der Waals surface area contributed by atoms with Gasteiger partial charge in [-0.1, -0.05) is 18.7 Å². The van der Waals surface area contributed by atoms with Gasteiger partial charge in [0.2, 0.25) is 0 Å². The number of aliphatic hydroxyl groups is 1. The van der Waals surface area contributed by atoms with Crippen LogP contribution in [0, 0.1) is 0 Å². The number of aliphatic hydroxyl groups excluding tert-OH is 1. The lowest BCUT2D eigenvalue weighted by molar-refractivity contribution is 0.322. The van der Waals surface area contributed by atoms with Crippen LogP contribution in [0.3, 0.4) is 0 Å². The van der Waals surface area contributed by atoms with E-state index in [-0.39, 0.29) is 12.2 Å². The molecule has 8 heteroatoms. The fourth-order valence-corrected chi connectivity index (χ4v) is 3.70. The highest BCUT2D eigenvalue weighted by Gasteiger charge is 2.21. The third-order valence-electron chi connectivity index (χ3n) is 4.09. The number of nitrogens with one attached hydrogen (secondary N) is 2. The second-order valence-corrected chi connectivity index (χ2v) is 6.83. The molecule has 2 aromatic heterocycles. The van der Waals surface area contributed by atoms with Gasteiger partial charge in [0.15, 0.2) is 16.3 Å². The van der Waals surface area contributed by atoms with E-state index in [9.17, 15) is 4.79 Å². The minimum Gasteiger partial charge on any atom is -0.396 e. The number of nitrogens with zero attached hydrogens (tertiary/aromatic N) is 3. The molecule has 1 fully saturated rings. The summed E-state index contributed by atoms with van der Waals surface area (Å²) in [5, 5.41) is 13.0. The van der Waals surface area contributed by atoms with Gasteiger partial charge in [-0.25, -0.2) is 9.97 Å². The molecule has 3 rings (SSSR count). The molecule has 0 atom stereocenters. The van der Waals surface area contributed by atoms with Crippen LogP contribution in [0.2, 0.25) is 0 Å². The first-order chi connectivity index (χ1) is 11.2. The van der Waals surface area contributed by atoms with Crippen molar-refractivity contribution < 1.29 is 5.11 Å². The molecule has 0 aliphatic carbocycles. The number of thioether (sulfide) groups is 1. The van der Waals surface area contributed by atoms with Crippen LogP contribution in [0.5, 0.6) is 0 Å². The van der Waals surface area contributed by atoms with Crippen LogP contribution in [-0.2, 0) is 6.54 Å². The average Bonchev–Trinajstić information content (AvgIpc) is 3.01. The fourth-order valence-electron chi connectivity index (χ4n) is 2.94. The monoisotopic (exact) mass is 337 g/mol. The molecule has 7 nitrogen and oxygen atoms in total. The highest BCUT2D eigenvalue weighted by molar-refractivity contribution is 7.99. The van der Waals surface area contributed by atoms with Crippen molar-refractivity contribution in [3.8, 4) is 0 Å². The zero-order valence-electron chi connectivity index (χ0n) is 13.3. The van der Waals surface area contributed by atoms with E-state index in [0.29, 0.717) is 34.5 Å². The molecule has 1 saturated heterocycles. The Hall–Kier alpha value is -1.38. The van der Waals surface area contributed by atoms with Crippen LogP contribution in [0.25, 0.3) is 11.2 Å². The Kier molecular flexibility index (Phi) is 5.34. The molecule has 0 radical (unpaired) electrons. The predicted molar refractivity (Wildman–Crippen MR) is 91.1 cm³/mol. The molecule has 23 heavy (non-hydrogen) atoms. The van der Waals surface area contributed by atoms with E-state index in [1.165, 1.54) is 11.8 Å². The van der Waals surface area contributed by atoms with E-state index in [0.717, 1.165) is 38.2 Å². The van der Waals surface area contributed by atoms with Gasteiger partial charge < -0.3 is 15.4 Å². The SMILES string of the molecule is CCCn1c(SCCO)nc2nc(C3CCNCC3)[nH]c2c1=O. The van der Waals surface area contributed by atoms with Crippen molar-refractivity contribution in [2.75, 3.05) is 25.4 Å². The largest absolute Gasteiger partial charge is 0.396 e. The molecule has 1 aliphatic heterocycles. The minimum atomic E-state index is -0.0648. The van der Waals surface area contributed by atoms with Gasteiger partial charge in [-0.15, -0.1) is 0 Å². The van der Waals surface area contributed by atoms with E-state index < -0.39 is 0 Å². The Morgan fingerprint density at radius 3 is 2.83 bits per heavy atom. The van der Waals surface area contributed by atoms with Gasteiger partial charge in [-0.05, 0) is 32.4 Å². The van der Waals surface area contributed by atoms with E-state index in [2.05, 4.69) is 20.3 Å². The molecular weight excluding hydrogens is 314 g/mol. The number of piperidine rings is 1. The zero-order valence-corrected chi connectivity index (χ0v) is 14.2. The summed E-state index contributed by atoms with van der Waals surface area (Å²) in [6, 6.07) is 0. The molecule has 2 aromatic rings.